The first-order valence-electron chi connectivity index (χ1n) is 5.29. The van der Waals surface area contributed by atoms with E-state index in [1.165, 1.54) is 18.5 Å². The summed E-state index contributed by atoms with van der Waals surface area (Å²) in [6.07, 6.45) is 2.96. The molecule has 0 atom stereocenters. The van der Waals surface area contributed by atoms with Gasteiger partial charge in [-0.05, 0) is 40.5 Å². The van der Waals surface area contributed by atoms with Crippen LogP contribution in [-0.4, -0.2) is 16.1 Å². The Morgan fingerprint density at radius 1 is 1.33 bits per heavy atom. The third-order valence-corrected chi connectivity index (χ3v) is 3.57. The van der Waals surface area contributed by atoms with Crippen LogP contribution in [0.4, 0.5) is 11.4 Å². The Morgan fingerprint density at radius 3 is 2.83 bits per heavy atom. The van der Waals surface area contributed by atoms with E-state index >= 15 is 0 Å². The van der Waals surface area contributed by atoms with Crippen LogP contribution < -0.4 is 5.32 Å². The highest BCUT2D eigenvalue weighted by atomic mass is 79.9. The molecule has 1 aromatic heterocycles. The smallest absolute Gasteiger partial charge is 0.337 e. The van der Waals surface area contributed by atoms with E-state index in [-0.39, 0.29) is 5.56 Å². The number of carboxylic acid groups (broad SMARTS) is 1. The minimum atomic E-state index is -0.983. The molecule has 0 amide bonds. The molecular weight excluding hydrogens is 296 g/mol. The molecule has 2 N–H and O–H groups in total. The van der Waals surface area contributed by atoms with Gasteiger partial charge in [0.25, 0.3) is 0 Å². The fraction of sp³-hybridized carbons (Fsp3) is 0.0769. The maximum atomic E-state index is 11.1. The molecule has 0 aliphatic rings. The van der Waals surface area contributed by atoms with E-state index in [1.54, 1.807) is 0 Å². The van der Waals surface area contributed by atoms with Crippen molar-refractivity contribution in [2.75, 3.05) is 5.32 Å². The lowest BCUT2D eigenvalue weighted by atomic mass is 10.2. The number of aryl methyl sites for hydroxylation is 1. The highest BCUT2D eigenvalue weighted by Gasteiger charge is 2.11. The van der Waals surface area contributed by atoms with Gasteiger partial charge in [0.2, 0.25) is 0 Å². The van der Waals surface area contributed by atoms with E-state index in [4.69, 9.17) is 5.11 Å². The first-order chi connectivity index (χ1) is 8.59. The molecule has 0 radical (unpaired) electrons. The standard InChI is InChI=1S/C13H11BrN2O2/c1-8-3-2-4-10(12(8)14)16-11-7-15-6-5-9(11)13(17)18/h2-7,16H,1H3,(H,17,18). The van der Waals surface area contributed by atoms with Crippen molar-refractivity contribution in [3.05, 3.63) is 52.3 Å². The summed E-state index contributed by atoms with van der Waals surface area (Å²) in [6, 6.07) is 7.21. The number of anilines is 2. The van der Waals surface area contributed by atoms with Crippen molar-refractivity contribution in [1.29, 1.82) is 0 Å². The minimum absolute atomic E-state index is 0.193. The Labute approximate surface area is 113 Å². The average molecular weight is 307 g/mol. The van der Waals surface area contributed by atoms with Gasteiger partial charge in [-0.3, -0.25) is 4.98 Å². The van der Waals surface area contributed by atoms with E-state index in [0.717, 1.165) is 15.7 Å². The molecule has 0 aliphatic heterocycles. The Balaban J connectivity index is 2.40. The molecule has 1 heterocycles. The maximum Gasteiger partial charge on any atom is 0.337 e. The van der Waals surface area contributed by atoms with E-state index < -0.39 is 5.97 Å². The van der Waals surface area contributed by atoms with Crippen molar-refractivity contribution in [3.8, 4) is 0 Å². The van der Waals surface area contributed by atoms with Crippen LogP contribution in [0.1, 0.15) is 15.9 Å². The normalized spacial score (nSPS) is 10.1. The van der Waals surface area contributed by atoms with E-state index in [1.807, 2.05) is 25.1 Å². The molecule has 0 unspecified atom stereocenters. The first-order valence-corrected chi connectivity index (χ1v) is 6.08. The number of carboxylic acids is 1. The number of aromatic nitrogens is 1. The van der Waals surface area contributed by atoms with Crippen molar-refractivity contribution in [2.45, 2.75) is 6.92 Å². The van der Waals surface area contributed by atoms with E-state index in [2.05, 4.69) is 26.2 Å². The number of aromatic carboxylic acids is 1. The molecule has 0 saturated carbocycles. The number of nitrogens with zero attached hydrogens (tertiary/aromatic N) is 1. The van der Waals surface area contributed by atoms with Gasteiger partial charge >= 0.3 is 5.97 Å². The molecule has 92 valence electrons. The van der Waals surface area contributed by atoms with Gasteiger partial charge in [0.15, 0.2) is 0 Å². The van der Waals surface area contributed by atoms with Crippen LogP contribution in [0.3, 0.4) is 0 Å². The lowest BCUT2D eigenvalue weighted by Gasteiger charge is -2.11. The van der Waals surface area contributed by atoms with Crippen LogP contribution in [0.5, 0.6) is 0 Å². The Bertz CT molecular complexity index is 599. The molecule has 18 heavy (non-hydrogen) atoms. The largest absolute Gasteiger partial charge is 0.478 e. The molecule has 4 nitrogen and oxygen atoms in total. The lowest BCUT2D eigenvalue weighted by molar-refractivity contribution is 0.0698. The number of benzene rings is 1. The number of nitrogens with one attached hydrogen (secondary N) is 1. The fourth-order valence-electron chi connectivity index (χ4n) is 1.57. The second-order valence-corrected chi connectivity index (χ2v) is 4.58. The minimum Gasteiger partial charge on any atom is -0.478 e. The van der Waals surface area contributed by atoms with Gasteiger partial charge in [0.1, 0.15) is 0 Å². The molecule has 0 spiro atoms. The number of carbonyl (C=O) groups is 1. The van der Waals surface area contributed by atoms with Crippen LogP contribution >= 0.6 is 15.9 Å². The zero-order chi connectivity index (χ0) is 13.1. The third kappa shape index (κ3) is 2.51. The van der Waals surface area contributed by atoms with E-state index in [0.29, 0.717) is 5.69 Å². The summed E-state index contributed by atoms with van der Waals surface area (Å²) in [4.78, 5) is 15.0. The summed E-state index contributed by atoms with van der Waals surface area (Å²) < 4.78 is 0.908. The molecule has 1 aromatic carbocycles. The summed E-state index contributed by atoms with van der Waals surface area (Å²) in [5.74, 6) is -0.983. The molecular formula is C13H11BrN2O2. The van der Waals surface area contributed by atoms with Gasteiger partial charge < -0.3 is 10.4 Å². The highest BCUT2D eigenvalue weighted by Crippen LogP contribution is 2.29. The Hall–Kier alpha value is -1.88. The number of rotatable bonds is 3. The number of pyridine rings is 1. The summed E-state index contributed by atoms with van der Waals surface area (Å²) in [7, 11) is 0. The lowest BCUT2D eigenvalue weighted by Crippen LogP contribution is -2.03. The molecule has 2 aromatic rings. The molecule has 2 rings (SSSR count). The van der Waals surface area contributed by atoms with Gasteiger partial charge in [-0.2, -0.15) is 0 Å². The van der Waals surface area contributed by atoms with Crippen LogP contribution in [-0.2, 0) is 0 Å². The van der Waals surface area contributed by atoms with Gasteiger partial charge in [0.05, 0.1) is 23.1 Å². The third-order valence-electron chi connectivity index (χ3n) is 2.51. The van der Waals surface area contributed by atoms with Gasteiger partial charge in [0, 0.05) is 10.7 Å². The van der Waals surface area contributed by atoms with Crippen molar-refractivity contribution >= 4 is 33.3 Å². The summed E-state index contributed by atoms with van der Waals surface area (Å²) in [6.45, 7) is 1.97. The van der Waals surface area contributed by atoms with Crippen molar-refractivity contribution in [3.63, 3.8) is 0 Å². The van der Waals surface area contributed by atoms with E-state index in [9.17, 15) is 4.79 Å². The second-order valence-electron chi connectivity index (χ2n) is 3.79. The van der Waals surface area contributed by atoms with Crippen LogP contribution in [0.2, 0.25) is 0 Å². The van der Waals surface area contributed by atoms with Crippen molar-refractivity contribution < 1.29 is 9.90 Å². The fourth-order valence-corrected chi connectivity index (χ4v) is 1.93. The quantitative estimate of drug-likeness (QED) is 0.909. The van der Waals surface area contributed by atoms with Gasteiger partial charge in [-0.25, -0.2) is 4.79 Å². The second kappa shape index (κ2) is 5.18. The molecule has 0 bridgehead atoms. The molecule has 5 heteroatoms. The topological polar surface area (TPSA) is 62.2 Å². The zero-order valence-electron chi connectivity index (χ0n) is 9.64. The monoisotopic (exact) mass is 306 g/mol. The molecule has 0 aliphatic carbocycles. The number of halogens is 1. The maximum absolute atomic E-state index is 11.1. The Morgan fingerprint density at radius 2 is 2.11 bits per heavy atom. The zero-order valence-corrected chi connectivity index (χ0v) is 11.2. The molecule has 0 saturated heterocycles. The SMILES string of the molecule is Cc1cccc(Nc2cnccc2C(=O)O)c1Br. The summed E-state index contributed by atoms with van der Waals surface area (Å²) >= 11 is 3.47. The van der Waals surface area contributed by atoms with Gasteiger partial charge in [-0.1, -0.05) is 12.1 Å². The summed E-state index contributed by atoms with van der Waals surface area (Å²) in [5.41, 5.74) is 2.54. The predicted molar refractivity (Wildman–Crippen MR) is 73.4 cm³/mol. The predicted octanol–water partition coefficient (Wildman–Crippen LogP) is 3.59. The number of hydrogen-bond acceptors (Lipinski definition) is 3. The van der Waals surface area contributed by atoms with Crippen LogP contribution in [0.15, 0.2) is 41.1 Å². The molecule has 0 fully saturated rings. The van der Waals surface area contributed by atoms with Crippen molar-refractivity contribution in [2.24, 2.45) is 0 Å². The Kier molecular flexibility index (Phi) is 3.62. The van der Waals surface area contributed by atoms with Crippen LogP contribution in [0, 0.1) is 6.92 Å². The number of hydrogen-bond donors (Lipinski definition) is 2. The first kappa shape index (κ1) is 12.6. The van der Waals surface area contributed by atoms with Gasteiger partial charge in [-0.15, -0.1) is 0 Å². The highest BCUT2D eigenvalue weighted by molar-refractivity contribution is 9.10. The van der Waals surface area contributed by atoms with Crippen LogP contribution in [0.25, 0.3) is 0 Å². The average Bonchev–Trinajstić information content (AvgIpc) is 2.35. The van der Waals surface area contributed by atoms with Crippen molar-refractivity contribution in [1.82, 2.24) is 4.98 Å². The summed E-state index contributed by atoms with van der Waals surface area (Å²) in [5, 5.41) is 12.2.